The minimum atomic E-state index is -0.461. The Morgan fingerprint density at radius 3 is 2.28 bits per heavy atom. The number of benzene rings is 3. The van der Waals surface area contributed by atoms with E-state index < -0.39 is 6.10 Å². The van der Waals surface area contributed by atoms with Crippen molar-refractivity contribution >= 4 is 11.9 Å². The fourth-order valence-electron chi connectivity index (χ4n) is 2.99. The highest BCUT2D eigenvalue weighted by Gasteiger charge is 2.32. The van der Waals surface area contributed by atoms with Crippen molar-refractivity contribution in [2.75, 3.05) is 0 Å². The molecule has 3 aromatic carbocycles. The van der Waals surface area contributed by atoms with Gasteiger partial charge in [-0.2, -0.15) is 0 Å². The van der Waals surface area contributed by atoms with Crippen molar-refractivity contribution in [3.05, 3.63) is 101 Å². The van der Waals surface area contributed by atoms with E-state index in [0.29, 0.717) is 16.9 Å². The molecule has 0 aromatic heterocycles. The molecular formula is C22H16O3. The Hall–Kier alpha value is -3.33. The lowest BCUT2D eigenvalue weighted by atomic mass is 9.89. The zero-order valence-corrected chi connectivity index (χ0v) is 13.4. The summed E-state index contributed by atoms with van der Waals surface area (Å²) in [6.45, 7) is 0. The summed E-state index contributed by atoms with van der Waals surface area (Å²) in [5.41, 5.74) is 2.91. The summed E-state index contributed by atoms with van der Waals surface area (Å²) in [4.78, 5) is 13.1. The Labute approximate surface area is 145 Å². The van der Waals surface area contributed by atoms with Crippen LogP contribution in [0.4, 0.5) is 0 Å². The van der Waals surface area contributed by atoms with Crippen molar-refractivity contribution in [1.29, 1.82) is 0 Å². The molecule has 0 amide bonds. The maximum atomic E-state index is 13.1. The number of Topliss-reactive ketones (excluding diaryl/α,β-unsaturated/α-hetero) is 1. The van der Waals surface area contributed by atoms with Crippen molar-refractivity contribution in [2.24, 2.45) is 0 Å². The highest BCUT2D eigenvalue weighted by molar-refractivity contribution is 6.14. The number of fused-ring (bicyclic) bond motifs is 1. The van der Waals surface area contributed by atoms with Crippen molar-refractivity contribution < 1.29 is 14.6 Å². The monoisotopic (exact) mass is 328 g/mol. The molecule has 0 fully saturated rings. The molecule has 1 atom stereocenters. The van der Waals surface area contributed by atoms with Crippen molar-refractivity contribution in [2.45, 2.75) is 6.10 Å². The van der Waals surface area contributed by atoms with Gasteiger partial charge < -0.3 is 9.84 Å². The van der Waals surface area contributed by atoms with Gasteiger partial charge in [-0.25, -0.2) is 0 Å². The fraction of sp³-hybridized carbons (Fsp3) is 0.0455. The normalized spacial score (nSPS) is 17.8. The molecular weight excluding hydrogens is 312 g/mol. The van der Waals surface area contributed by atoms with E-state index in [2.05, 4.69) is 0 Å². The van der Waals surface area contributed by atoms with Crippen LogP contribution in [0.2, 0.25) is 0 Å². The van der Waals surface area contributed by atoms with E-state index in [-0.39, 0.29) is 11.5 Å². The largest absolute Gasteiger partial charge is 0.508 e. The second-order valence-electron chi connectivity index (χ2n) is 5.93. The number of aromatic hydroxyl groups is 1. The minimum absolute atomic E-state index is 0.0382. The molecule has 0 aliphatic carbocycles. The van der Waals surface area contributed by atoms with Crippen LogP contribution in [0.5, 0.6) is 11.5 Å². The maximum absolute atomic E-state index is 13.1. The van der Waals surface area contributed by atoms with Gasteiger partial charge in [0.1, 0.15) is 11.5 Å². The summed E-state index contributed by atoms with van der Waals surface area (Å²) in [5.74, 6) is 0.756. The molecule has 0 spiro atoms. The van der Waals surface area contributed by atoms with Crippen LogP contribution in [0.25, 0.3) is 6.08 Å². The number of ether oxygens (including phenoxy) is 1. The van der Waals surface area contributed by atoms with E-state index in [1.807, 2.05) is 54.6 Å². The summed E-state index contributed by atoms with van der Waals surface area (Å²) in [6.07, 6.45) is 1.37. The molecule has 4 rings (SSSR count). The van der Waals surface area contributed by atoms with E-state index in [0.717, 1.165) is 11.1 Å². The van der Waals surface area contributed by atoms with E-state index in [4.69, 9.17) is 4.74 Å². The molecule has 3 nitrogen and oxygen atoms in total. The van der Waals surface area contributed by atoms with Crippen LogP contribution in [0.15, 0.2) is 84.4 Å². The maximum Gasteiger partial charge on any atom is 0.196 e. The first kappa shape index (κ1) is 15.2. The summed E-state index contributed by atoms with van der Waals surface area (Å²) < 4.78 is 6.16. The van der Waals surface area contributed by atoms with Crippen LogP contribution < -0.4 is 4.74 Å². The van der Waals surface area contributed by atoms with Gasteiger partial charge >= 0.3 is 0 Å². The molecule has 1 aliphatic rings. The number of hydrogen-bond acceptors (Lipinski definition) is 3. The van der Waals surface area contributed by atoms with Gasteiger partial charge in [-0.3, -0.25) is 4.79 Å². The Morgan fingerprint density at radius 1 is 0.840 bits per heavy atom. The topological polar surface area (TPSA) is 46.5 Å². The molecule has 3 heteroatoms. The molecule has 1 aliphatic heterocycles. The van der Waals surface area contributed by atoms with Crippen LogP contribution in [0, 0.1) is 0 Å². The highest BCUT2D eigenvalue weighted by atomic mass is 16.5. The van der Waals surface area contributed by atoms with Crippen LogP contribution in [0.3, 0.4) is 0 Å². The number of para-hydroxylation sites is 1. The van der Waals surface area contributed by atoms with Crippen LogP contribution in [-0.2, 0) is 0 Å². The van der Waals surface area contributed by atoms with E-state index in [1.54, 1.807) is 30.3 Å². The zero-order valence-electron chi connectivity index (χ0n) is 13.4. The first-order chi connectivity index (χ1) is 12.2. The molecule has 0 saturated carbocycles. The molecule has 3 aromatic rings. The number of hydrogen-bond donors (Lipinski definition) is 1. The van der Waals surface area contributed by atoms with Crippen LogP contribution in [-0.4, -0.2) is 10.9 Å². The summed E-state index contributed by atoms with van der Waals surface area (Å²) in [5, 5.41) is 9.46. The molecule has 122 valence electrons. The van der Waals surface area contributed by atoms with Crippen LogP contribution >= 0.6 is 0 Å². The quantitative estimate of drug-likeness (QED) is 0.688. The third kappa shape index (κ3) is 2.92. The number of phenols is 1. The number of phenolic OH excluding ortho intramolecular Hbond substituents is 1. The molecule has 1 heterocycles. The predicted octanol–water partition coefficient (Wildman–Crippen LogP) is 4.79. The van der Waals surface area contributed by atoms with Gasteiger partial charge in [-0.15, -0.1) is 0 Å². The third-order valence-corrected chi connectivity index (χ3v) is 4.24. The molecule has 1 unspecified atom stereocenters. The average molecular weight is 328 g/mol. The highest BCUT2D eigenvalue weighted by Crippen LogP contribution is 2.39. The minimum Gasteiger partial charge on any atom is -0.508 e. The van der Waals surface area contributed by atoms with Gasteiger partial charge in [0.15, 0.2) is 11.9 Å². The third-order valence-electron chi connectivity index (χ3n) is 4.24. The lowest BCUT2D eigenvalue weighted by Crippen LogP contribution is -2.23. The molecule has 0 saturated heterocycles. The second kappa shape index (κ2) is 6.29. The summed E-state index contributed by atoms with van der Waals surface area (Å²) >= 11 is 0. The van der Waals surface area contributed by atoms with Crippen LogP contribution in [0.1, 0.15) is 27.6 Å². The van der Waals surface area contributed by atoms with Gasteiger partial charge in [0.25, 0.3) is 0 Å². The Morgan fingerprint density at radius 2 is 1.52 bits per heavy atom. The first-order valence-corrected chi connectivity index (χ1v) is 8.08. The zero-order chi connectivity index (χ0) is 17.2. The van der Waals surface area contributed by atoms with Gasteiger partial charge in [-0.05, 0) is 41.5 Å². The lowest BCUT2D eigenvalue weighted by Gasteiger charge is -2.28. The summed E-state index contributed by atoms with van der Waals surface area (Å²) in [7, 11) is 0. The number of carbonyl (C=O) groups excluding carboxylic acids is 1. The average Bonchev–Trinajstić information content (AvgIpc) is 2.66. The Bertz CT molecular complexity index is 941. The van der Waals surface area contributed by atoms with E-state index in [9.17, 15) is 9.90 Å². The standard InChI is InChI=1S/C22H16O3/c23-17-12-10-15(11-13-17)14-19-21(24)18-8-4-5-9-20(18)25-22(19)16-6-2-1-3-7-16/h1-14,22-23H/b19-14-. The van der Waals surface area contributed by atoms with Gasteiger partial charge in [0, 0.05) is 5.57 Å². The van der Waals surface area contributed by atoms with E-state index >= 15 is 0 Å². The van der Waals surface area contributed by atoms with Gasteiger partial charge in [0.05, 0.1) is 5.56 Å². The number of ketones is 1. The van der Waals surface area contributed by atoms with Crippen molar-refractivity contribution in [1.82, 2.24) is 0 Å². The van der Waals surface area contributed by atoms with Crippen molar-refractivity contribution in [3.63, 3.8) is 0 Å². The Balaban J connectivity index is 1.85. The fourth-order valence-corrected chi connectivity index (χ4v) is 2.99. The number of rotatable bonds is 2. The lowest BCUT2D eigenvalue weighted by molar-refractivity contribution is 0.0963. The van der Waals surface area contributed by atoms with Gasteiger partial charge in [0.2, 0.25) is 0 Å². The molecule has 0 radical (unpaired) electrons. The SMILES string of the molecule is O=C1/C(=C/c2ccc(O)cc2)C(c2ccccc2)Oc2ccccc21. The predicted molar refractivity (Wildman–Crippen MR) is 96.7 cm³/mol. The Kier molecular flexibility index (Phi) is 3.82. The first-order valence-electron chi connectivity index (χ1n) is 8.08. The molecule has 1 N–H and O–H groups in total. The smallest absolute Gasteiger partial charge is 0.196 e. The molecule has 0 bridgehead atoms. The summed E-state index contributed by atoms with van der Waals surface area (Å²) in [6, 6.07) is 23.8. The molecule has 25 heavy (non-hydrogen) atoms. The van der Waals surface area contributed by atoms with E-state index in [1.165, 1.54) is 0 Å². The van der Waals surface area contributed by atoms with Gasteiger partial charge in [-0.1, -0.05) is 54.6 Å². The second-order valence-corrected chi connectivity index (χ2v) is 5.93. The number of carbonyl (C=O) groups is 1. The van der Waals surface area contributed by atoms with Crippen molar-refractivity contribution in [3.8, 4) is 11.5 Å².